The third-order valence-electron chi connectivity index (χ3n) is 1.49. The largest absolute Gasteiger partial charge is 0.367 e. The van der Waals surface area contributed by atoms with Crippen LogP contribution in [-0.4, -0.2) is 29.1 Å². The Hall–Kier alpha value is 0.190. The number of nitrogens with two attached hydrogens (primary N) is 1. The smallest absolute Gasteiger partial charge is 0.167 e. The Balaban J connectivity index is 3.36. The predicted octanol–water partition coefficient (Wildman–Crippen LogP) is -0.771. The quantitative estimate of drug-likeness (QED) is 0.211. The summed E-state index contributed by atoms with van der Waals surface area (Å²) in [5.74, 6) is 0. The zero-order valence-corrected chi connectivity index (χ0v) is 7.30. The Kier molecular flexibility index (Phi) is 6.99. The standard InChI is InChI=1S/C6H16N2O2S/c7-4-2-1-3-5(8-11)6(9)10/h5-6,8-11H,1-4,7H2. The summed E-state index contributed by atoms with van der Waals surface area (Å²) in [7, 11) is 0. The molecule has 0 aliphatic heterocycles. The number of nitrogens with one attached hydrogen (secondary N) is 1. The fourth-order valence-electron chi connectivity index (χ4n) is 0.789. The Morgan fingerprint density at radius 2 is 2.00 bits per heavy atom. The summed E-state index contributed by atoms with van der Waals surface area (Å²) in [6.07, 6.45) is 1.12. The van der Waals surface area contributed by atoms with Gasteiger partial charge in [-0.15, -0.1) is 0 Å². The maximum Gasteiger partial charge on any atom is 0.167 e. The fraction of sp³-hybridized carbons (Fsp3) is 1.00. The maximum atomic E-state index is 8.72. The van der Waals surface area contributed by atoms with Crippen LogP contribution in [0, 0.1) is 0 Å². The Morgan fingerprint density at radius 1 is 1.36 bits per heavy atom. The highest BCUT2D eigenvalue weighted by molar-refractivity contribution is 7.78. The van der Waals surface area contributed by atoms with Crippen LogP contribution in [0.4, 0.5) is 0 Å². The van der Waals surface area contributed by atoms with Gasteiger partial charge in [-0.2, -0.15) is 0 Å². The molecular weight excluding hydrogens is 164 g/mol. The second-order valence-electron chi connectivity index (χ2n) is 2.43. The van der Waals surface area contributed by atoms with Crippen LogP contribution in [0.2, 0.25) is 0 Å². The van der Waals surface area contributed by atoms with E-state index in [2.05, 4.69) is 17.5 Å². The molecule has 5 N–H and O–H groups in total. The molecule has 0 spiro atoms. The van der Waals surface area contributed by atoms with Crippen LogP contribution >= 0.6 is 12.8 Å². The van der Waals surface area contributed by atoms with Gasteiger partial charge in [-0.25, -0.2) is 0 Å². The monoisotopic (exact) mass is 180 g/mol. The Labute approximate surface area is 72.3 Å². The maximum absolute atomic E-state index is 8.72. The van der Waals surface area contributed by atoms with Gasteiger partial charge in [0.2, 0.25) is 0 Å². The van der Waals surface area contributed by atoms with E-state index in [1.54, 1.807) is 0 Å². The third kappa shape index (κ3) is 5.46. The summed E-state index contributed by atoms with van der Waals surface area (Å²) in [6, 6.07) is -0.357. The average Bonchev–Trinajstić information content (AvgIpc) is 1.97. The van der Waals surface area contributed by atoms with E-state index in [1.807, 2.05) is 0 Å². The summed E-state index contributed by atoms with van der Waals surface area (Å²) < 4.78 is 2.51. The van der Waals surface area contributed by atoms with Crippen molar-refractivity contribution in [2.24, 2.45) is 5.73 Å². The molecule has 0 saturated heterocycles. The molecule has 1 unspecified atom stereocenters. The number of unbranched alkanes of at least 4 members (excludes halogenated alkanes) is 1. The van der Waals surface area contributed by atoms with Gasteiger partial charge >= 0.3 is 0 Å². The van der Waals surface area contributed by atoms with Crippen molar-refractivity contribution in [1.82, 2.24) is 4.72 Å². The van der Waals surface area contributed by atoms with Gasteiger partial charge in [-0.3, -0.25) is 4.72 Å². The molecule has 4 nitrogen and oxygen atoms in total. The molecule has 0 aromatic heterocycles. The Morgan fingerprint density at radius 3 is 2.36 bits per heavy atom. The molecule has 0 heterocycles. The van der Waals surface area contributed by atoms with Crippen LogP contribution in [0.15, 0.2) is 0 Å². The highest BCUT2D eigenvalue weighted by atomic mass is 32.1. The molecular formula is C6H16N2O2S. The van der Waals surface area contributed by atoms with Crippen molar-refractivity contribution in [3.63, 3.8) is 0 Å². The van der Waals surface area contributed by atoms with Crippen LogP contribution < -0.4 is 10.5 Å². The van der Waals surface area contributed by atoms with Crippen molar-refractivity contribution in [2.75, 3.05) is 6.54 Å². The first kappa shape index (κ1) is 11.2. The van der Waals surface area contributed by atoms with Gasteiger partial charge in [0.25, 0.3) is 0 Å². The molecule has 0 aliphatic rings. The lowest BCUT2D eigenvalue weighted by Gasteiger charge is -2.16. The first-order valence-corrected chi connectivity index (χ1v) is 4.13. The summed E-state index contributed by atoms with van der Waals surface area (Å²) >= 11 is 3.76. The van der Waals surface area contributed by atoms with E-state index in [9.17, 15) is 0 Å². The van der Waals surface area contributed by atoms with E-state index in [0.717, 1.165) is 12.8 Å². The number of thiol groups is 1. The average molecular weight is 180 g/mol. The predicted molar refractivity (Wildman–Crippen MR) is 47.0 cm³/mol. The molecule has 11 heavy (non-hydrogen) atoms. The minimum absolute atomic E-state index is 0.357. The first-order chi connectivity index (χ1) is 5.22. The van der Waals surface area contributed by atoms with E-state index in [4.69, 9.17) is 15.9 Å². The van der Waals surface area contributed by atoms with Crippen LogP contribution in [0.25, 0.3) is 0 Å². The van der Waals surface area contributed by atoms with Gasteiger partial charge in [-0.05, 0) is 19.4 Å². The molecule has 0 radical (unpaired) electrons. The lowest BCUT2D eigenvalue weighted by Crippen LogP contribution is -2.34. The molecule has 68 valence electrons. The van der Waals surface area contributed by atoms with Gasteiger partial charge < -0.3 is 15.9 Å². The number of hydrogen-bond donors (Lipinski definition) is 5. The van der Waals surface area contributed by atoms with E-state index < -0.39 is 6.29 Å². The molecule has 0 bridgehead atoms. The molecule has 0 aromatic rings. The van der Waals surface area contributed by atoms with Gasteiger partial charge in [0.15, 0.2) is 6.29 Å². The van der Waals surface area contributed by atoms with Gasteiger partial charge in [0.05, 0.1) is 6.04 Å². The lowest BCUT2D eigenvalue weighted by atomic mass is 10.1. The lowest BCUT2D eigenvalue weighted by molar-refractivity contribution is -0.0631. The number of aliphatic hydroxyl groups excluding tert-OH is 1. The van der Waals surface area contributed by atoms with Gasteiger partial charge in [-0.1, -0.05) is 19.2 Å². The van der Waals surface area contributed by atoms with Crippen molar-refractivity contribution in [1.29, 1.82) is 0 Å². The van der Waals surface area contributed by atoms with Crippen LogP contribution in [-0.2, 0) is 0 Å². The second-order valence-corrected chi connectivity index (χ2v) is 2.69. The Bertz CT molecular complexity index is 92.7. The second kappa shape index (κ2) is 6.87. The molecule has 0 aromatic carbocycles. The van der Waals surface area contributed by atoms with E-state index in [0.29, 0.717) is 13.0 Å². The van der Waals surface area contributed by atoms with Gasteiger partial charge in [0, 0.05) is 0 Å². The minimum Gasteiger partial charge on any atom is -0.367 e. The zero-order valence-electron chi connectivity index (χ0n) is 6.40. The number of rotatable bonds is 6. The summed E-state index contributed by atoms with van der Waals surface area (Å²) in [5.41, 5.74) is 5.27. The fourth-order valence-corrected chi connectivity index (χ4v) is 1.05. The van der Waals surface area contributed by atoms with Crippen molar-refractivity contribution in [3.05, 3.63) is 0 Å². The molecule has 0 amide bonds. The SMILES string of the molecule is NCCCCC(NS)C(O)O. The summed E-state index contributed by atoms with van der Waals surface area (Å²) in [4.78, 5) is 0. The molecule has 5 heteroatoms. The zero-order chi connectivity index (χ0) is 8.69. The van der Waals surface area contributed by atoms with Gasteiger partial charge in [0.1, 0.15) is 0 Å². The number of hydrogen-bond acceptors (Lipinski definition) is 5. The first-order valence-electron chi connectivity index (χ1n) is 3.68. The highest BCUT2D eigenvalue weighted by Gasteiger charge is 2.13. The molecule has 0 fully saturated rings. The van der Waals surface area contributed by atoms with Crippen LogP contribution in [0.5, 0.6) is 0 Å². The van der Waals surface area contributed by atoms with Crippen molar-refractivity contribution < 1.29 is 10.2 Å². The third-order valence-corrected chi connectivity index (χ3v) is 1.83. The van der Waals surface area contributed by atoms with E-state index >= 15 is 0 Å². The minimum atomic E-state index is -1.34. The molecule has 0 rings (SSSR count). The van der Waals surface area contributed by atoms with Crippen molar-refractivity contribution in [3.8, 4) is 0 Å². The van der Waals surface area contributed by atoms with E-state index in [1.165, 1.54) is 0 Å². The molecule has 0 aliphatic carbocycles. The van der Waals surface area contributed by atoms with Crippen molar-refractivity contribution >= 4 is 12.8 Å². The summed E-state index contributed by atoms with van der Waals surface area (Å²) in [6.45, 7) is 0.640. The van der Waals surface area contributed by atoms with E-state index in [-0.39, 0.29) is 6.04 Å². The topological polar surface area (TPSA) is 78.5 Å². The van der Waals surface area contributed by atoms with Crippen LogP contribution in [0.3, 0.4) is 0 Å². The molecule has 1 atom stereocenters. The van der Waals surface area contributed by atoms with Crippen LogP contribution in [0.1, 0.15) is 19.3 Å². The summed E-state index contributed by atoms with van der Waals surface area (Å²) in [5, 5.41) is 17.4. The van der Waals surface area contributed by atoms with Crippen molar-refractivity contribution in [2.45, 2.75) is 31.6 Å². The number of aliphatic hydroxyl groups is 2. The molecule has 0 saturated carbocycles. The highest BCUT2D eigenvalue weighted by Crippen LogP contribution is 2.03. The normalized spacial score (nSPS) is 13.9.